The van der Waals surface area contributed by atoms with E-state index < -0.39 is 0 Å². The molecule has 1 aromatic carbocycles. The lowest BCUT2D eigenvalue weighted by molar-refractivity contribution is -0.132. The number of anilines is 1. The van der Waals surface area contributed by atoms with Gasteiger partial charge in [-0.05, 0) is 44.0 Å². The number of carbonyl (C=O) groups excluding carboxylic acids is 3. The molecule has 1 fully saturated rings. The SMILES string of the molecule is CCNC(=O)CN(CC)C(=O)/C=C/c1ccc(N2CCCC2=O)cc1. The summed E-state index contributed by atoms with van der Waals surface area (Å²) in [5, 5.41) is 2.69. The first-order chi connectivity index (χ1) is 12.0. The van der Waals surface area contributed by atoms with Gasteiger partial charge in [-0.1, -0.05) is 12.1 Å². The van der Waals surface area contributed by atoms with Gasteiger partial charge in [-0.15, -0.1) is 0 Å². The first-order valence-electron chi connectivity index (χ1n) is 8.69. The zero-order chi connectivity index (χ0) is 18.2. The summed E-state index contributed by atoms with van der Waals surface area (Å²) < 4.78 is 0. The molecule has 6 heteroatoms. The van der Waals surface area contributed by atoms with Crippen molar-refractivity contribution < 1.29 is 14.4 Å². The lowest BCUT2D eigenvalue weighted by Gasteiger charge is -2.18. The molecule has 3 amide bonds. The Morgan fingerprint density at radius 1 is 1.24 bits per heavy atom. The zero-order valence-corrected chi connectivity index (χ0v) is 14.8. The van der Waals surface area contributed by atoms with Crippen molar-refractivity contribution in [1.29, 1.82) is 0 Å². The number of hydrogen-bond donors (Lipinski definition) is 1. The smallest absolute Gasteiger partial charge is 0.247 e. The van der Waals surface area contributed by atoms with E-state index in [1.165, 1.54) is 11.0 Å². The maximum absolute atomic E-state index is 12.2. The van der Waals surface area contributed by atoms with Gasteiger partial charge >= 0.3 is 0 Å². The normalized spacial score (nSPS) is 14.2. The van der Waals surface area contributed by atoms with Gasteiger partial charge in [-0.2, -0.15) is 0 Å². The Balaban J connectivity index is 1.96. The van der Waals surface area contributed by atoms with E-state index in [9.17, 15) is 14.4 Å². The van der Waals surface area contributed by atoms with Gasteiger partial charge in [0.1, 0.15) is 0 Å². The summed E-state index contributed by atoms with van der Waals surface area (Å²) in [6, 6.07) is 7.54. The number of likely N-dealkylation sites (N-methyl/N-ethyl adjacent to an activating group) is 2. The van der Waals surface area contributed by atoms with Crippen LogP contribution >= 0.6 is 0 Å². The molecular weight excluding hydrogens is 318 g/mol. The number of rotatable bonds is 7. The maximum atomic E-state index is 12.2. The summed E-state index contributed by atoms with van der Waals surface area (Å²) in [4.78, 5) is 38.8. The Bertz CT molecular complexity index is 652. The fourth-order valence-electron chi connectivity index (χ4n) is 2.73. The van der Waals surface area contributed by atoms with Crippen molar-refractivity contribution in [2.75, 3.05) is 31.1 Å². The molecule has 2 rings (SSSR count). The number of nitrogens with zero attached hydrogens (tertiary/aromatic N) is 2. The van der Waals surface area contributed by atoms with Crippen LogP contribution in [-0.4, -0.2) is 48.8 Å². The van der Waals surface area contributed by atoms with E-state index in [1.807, 2.05) is 38.1 Å². The molecule has 0 radical (unpaired) electrons. The van der Waals surface area contributed by atoms with E-state index in [0.717, 1.165) is 24.2 Å². The summed E-state index contributed by atoms with van der Waals surface area (Å²) in [5.41, 5.74) is 1.76. The summed E-state index contributed by atoms with van der Waals surface area (Å²) >= 11 is 0. The largest absolute Gasteiger partial charge is 0.355 e. The third kappa shape index (κ3) is 5.17. The number of nitrogens with one attached hydrogen (secondary N) is 1. The molecule has 1 aliphatic heterocycles. The van der Waals surface area contributed by atoms with Crippen LogP contribution in [0.3, 0.4) is 0 Å². The van der Waals surface area contributed by atoms with Gasteiger partial charge in [0.05, 0.1) is 6.54 Å². The Hall–Kier alpha value is -2.63. The van der Waals surface area contributed by atoms with E-state index in [4.69, 9.17) is 0 Å². The molecule has 0 unspecified atom stereocenters. The van der Waals surface area contributed by atoms with E-state index in [0.29, 0.717) is 19.5 Å². The van der Waals surface area contributed by atoms with Crippen LogP contribution in [-0.2, 0) is 14.4 Å². The van der Waals surface area contributed by atoms with E-state index in [1.54, 1.807) is 11.0 Å². The third-order valence-electron chi connectivity index (χ3n) is 4.10. The quantitative estimate of drug-likeness (QED) is 0.768. The standard InChI is InChI=1S/C19H25N3O3/c1-3-20-17(23)14-21(4-2)18(24)12-9-15-7-10-16(11-8-15)22-13-5-6-19(22)25/h7-12H,3-6,13-14H2,1-2H3,(H,20,23)/b12-9+. The van der Waals surface area contributed by atoms with Crippen molar-refractivity contribution in [2.45, 2.75) is 26.7 Å². The van der Waals surface area contributed by atoms with Crippen LogP contribution in [0.2, 0.25) is 0 Å². The van der Waals surface area contributed by atoms with Crippen molar-refractivity contribution in [3.63, 3.8) is 0 Å². The molecule has 0 atom stereocenters. The van der Waals surface area contributed by atoms with E-state index >= 15 is 0 Å². The summed E-state index contributed by atoms with van der Waals surface area (Å²) in [5.74, 6) is -0.208. The Morgan fingerprint density at radius 3 is 2.52 bits per heavy atom. The monoisotopic (exact) mass is 343 g/mol. The second-order valence-corrected chi connectivity index (χ2v) is 5.88. The van der Waals surface area contributed by atoms with Crippen LogP contribution in [0.1, 0.15) is 32.3 Å². The van der Waals surface area contributed by atoms with Gasteiger partial charge in [0.15, 0.2) is 0 Å². The first kappa shape index (κ1) is 18.7. The van der Waals surface area contributed by atoms with Crippen LogP contribution in [0.15, 0.2) is 30.3 Å². The third-order valence-corrected chi connectivity index (χ3v) is 4.10. The number of amides is 3. The summed E-state index contributed by atoms with van der Waals surface area (Å²) in [6.45, 7) is 5.52. The molecule has 134 valence electrons. The van der Waals surface area contributed by atoms with Crippen LogP contribution in [0, 0.1) is 0 Å². The molecule has 1 aliphatic rings. The molecule has 0 aromatic heterocycles. The van der Waals surface area contributed by atoms with E-state index in [2.05, 4.69) is 5.32 Å². The molecule has 0 aliphatic carbocycles. The van der Waals surface area contributed by atoms with Gasteiger partial charge in [0.25, 0.3) is 0 Å². The van der Waals surface area contributed by atoms with Crippen molar-refractivity contribution in [3.05, 3.63) is 35.9 Å². The second-order valence-electron chi connectivity index (χ2n) is 5.88. The molecule has 1 aromatic rings. The highest BCUT2D eigenvalue weighted by atomic mass is 16.2. The minimum absolute atomic E-state index is 0.0591. The number of hydrogen-bond acceptors (Lipinski definition) is 3. The van der Waals surface area contributed by atoms with Crippen LogP contribution in [0.4, 0.5) is 5.69 Å². The topological polar surface area (TPSA) is 69.7 Å². The van der Waals surface area contributed by atoms with Crippen LogP contribution in [0.5, 0.6) is 0 Å². The fraction of sp³-hybridized carbons (Fsp3) is 0.421. The Kier molecular flexibility index (Phi) is 6.74. The molecule has 0 spiro atoms. The van der Waals surface area contributed by atoms with Crippen molar-refractivity contribution in [1.82, 2.24) is 10.2 Å². The van der Waals surface area contributed by atoms with Gasteiger partial charge in [0.2, 0.25) is 17.7 Å². The van der Waals surface area contributed by atoms with Crippen molar-refractivity contribution in [2.24, 2.45) is 0 Å². The predicted molar refractivity (Wildman–Crippen MR) is 98.0 cm³/mol. The van der Waals surface area contributed by atoms with Gasteiger partial charge < -0.3 is 15.1 Å². The predicted octanol–water partition coefficient (Wildman–Crippen LogP) is 1.81. The average Bonchev–Trinajstić information content (AvgIpc) is 3.04. The molecule has 6 nitrogen and oxygen atoms in total. The van der Waals surface area contributed by atoms with Gasteiger partial charge in [0, 0.05) is 37.8 Å². The van der Waals surface area contributed by atoms with Gasteiger partial charge in [-0.25, -0.2) is 0 Å². The van der Waals surface area contributed by atoms with Crippen LogP contribution in [0.25, 0.3) is 6.08 Å². The van der Waals surface area contributed by atoms with Gasteiger partial charge in [-0.3, -0.25) is 14.4 Å². The molecule has 0 saturated carbocycles. The average molecular weight is 343 g/mol. The molecular formula is C19H25N3O3. The highest BCUT2D eigenvalue weighted by molar-refractivity contribution is 5.96. The summed E-state index contributed by atoms with van der Waals surface area (Å²) in [7, 11) is 0. The zero-order valence-electron chi connectivity index (χ0n) is 14.8. The molecule has 0 bridgehead atoms. The lowest BCUT2D eigenvalue weighted by atomic mass is 10.2. The van der Waals surface area contributed by atoms with Crippen molar-refractivity contribution in [3.8, 4) is 0 Å². The Labute approximate surface area is 148 Å². The van der Waals surface area contributed by atoms with Crippen LogP contribution < -0.4 is 10.2 Å². The molecule has 1 saturated heterocycles. The highest BCUT2D eigenvalue weighted by Gasteiger charge is 2.21. The number of carbonyl (C=O) groups is 3. The molecule has 25 heavy (non-hydrogen) atoms. The van der Waals surface area contributed by atoms with Crippen molar-refractivity contribution >= 4 is 29.5 Å². The van der Waals surface area contributed by atoms with E-state index in [-0.39, 0.29) is 24.3 Å². The lowest BCUT2D eigenvalue weighted by Crippen LogP contribution is -2.39. The number of benzene rings is 1. The fourth-order valence-corrected chi connectivity index (χ4v) is 2.73. The minimum atomic E-state index is -0.201. The first-order valence-corrected chi connectivity index (χ1v) is 8.69. The molecule has 1 heterocycles. The molecule has 1 N–H and O–H groups in total. The Morgan fingerprint density at radius 2 is 1.96 bits per heavy atom. The maximum Gasteiger partial charge on any atom is 0.247 e. The summed E-state index contributed by atoms with van der Waals surface area (Å²) in [6.07, 6.45) is 4.69. The minimum Gasteiger partial charge on any atom is -0.355 e. The second kappa shape index (κ2) is 9.01. The highest BCUT2D eigenvalue weighted by Crippen LogP contribution is 2.21.